The van der Waals surface area contributed by atoms with Gasteiger partial charge >= 0.3 is 11.9 Å². The molecule has 7 heteroatoms. The number of nitrogens with zero attached hydrogens (tertiary/aromatic N) is 1. The lowest BCUT2D eigenvalue weighted by atomic mass is 10.1. The Hall–Kier alpha value is -3.61. The second-order valence-electron chi connectivity index (χ2n) is 6.22. The van der Waals surface area contributed by atoms with E-state index in [1.54, 1.807) is 6.07 Å². The van der Waals surface area contributed by atoms with Crippen LogP contribution < -0.4 is 5.32 Å². The Bertz CT molecular complexity index is 1080. The van der Waals surface area contributed by atoms with Crippen LogP contribution in [0.2, 0.25) is 0 Å². The average molecular weight is 380 g/mol. The molecular formula is C21H20N2O5. The molecule has 0 radical (unpaired) electrons. The molecule has 3 aromatic rings. The van der Waals surface area contributed by atoms with Crippen molar-refractivity contribution in [3.8, 4) is 11.5 Å². The van der Waals surface area contributed by atoms with E-state index in [0.717, 1.165) is 28.3 Å². The second kappa shape index (κ2) is 7.96. The Labute approximate surface area is 162 Å². The fourth-order valence-corrected chi connectivity index (χ4v) is 2.62. The van der Waals surface area contributed by atoms with E-state index >= 15 is 0 Å². The number of nitrogens with one attached hydrogen (secondary N) is 1. The van der Waals surface area contributed by atoms with Crippen LogP contribution in [0.15, 0.2) is 52.6 Å². The first-order chi connectivity index (χ1) is 13.4. The quantitative estimate of drug-likeness (QED) is 0.532. The van der Waals surface area contributed by atoms with Crippen LogP contribution in [0.1, 0.15) is 11.1 Å². The smallest absolute Gasteiger partial charge is 0.354 e. The van der Waals surface area contributed by atoms with Gasteiger partial charge in [-0.05, 0) is 49.2 Å². The van der Waals surface area contributed by atoms with Crippen molar-refractivity contribution in [3.63, 3.8) is 0 Å². The predicted octanol–water partition coefficient (Wildman–Crippen LogP) is 3.75. The largest absolute Gasteiger partial charge is 0.466 e. The first-order valence-electron chi connectivity index (χ1n) is 8.54. The summed E-state index contributed by atoms with van der Waals surface area (Å²) in [4.78, 5) is 28.1. The number of carbonyl (C=O) groups excluding carboxylic acids is 2. The first kappa shape index (κ1) is 19.2. The van der Waals surface area contributed by atoms with E-state index in [9.17, 15) is 9.59 Å². The van der Waals surface area contributed by atoms with E-state index in [0.29, 0.717) is 17.2 Å². The Balaban J connectivity index is 1.99. The molecule has 144 valence electrons. The summed E-state index contributed by atoms with van der Waals surface area (Å²) in [5.74, 6) is -0.899. The number of aromatic nitrogens is 1. The summed E-state index contributed by atoms with van der Waals surface area (Å²) in [6.45, 7) is 3.85. The van der Waals surface area contributed by atoms with E-state index in [2.05, 4.69) is 15.0 Å². The number of aryl methyl sites for hydroxylation is 2. The number of esters is 2. The standard InChI is InChI=1S/C21H20N2O5/c1-12-5-8-15-18(9-12)28-20(23-15)14-7-6-13(2)16(10-14)22-17(21(25)27-4)11-19(24)26-3/h5-11,22H,1-4H3/b17-11+. The first-order valence-corrected chi connectivity index (χ1v) is 8.54. The van der Waals surface area contributed by atoms with Gasteiger partial charge in [0.05, 0.1) is 20.3 Å². The van der Waals surface area contributed by atoms with E-state index in [-0.39, 0.29) is 5.70 Å². The molecule has 0 aliphatic rings. The molecule has 0 saturated carbocycles. The molecule has 28 heavy (non-hydrogen) atoms. The minimum Gasteiger partial charge on any atom is -0.466 e. The molecule has 1 aromatic heterocycles. The molecule has 0 spiro atoms. The molecule has 1 heterocycles. The normalized spacial score (nSPS) is 11.4. The Morgan fingerprint density at radius 3 is 2.57 bits per heavy atom. The van der Waals surface area contributed by atoms with Gasteiger partial charge in [-0.2, -0.15) is 0 Å². The third kappa shape index (κ3) is 4.03. The zero-order valence-corrected chi connectivity index (χ0v) is 16.0. The van der Waals surface area contributed by atoms with Crippen LogP contribution >= 0.6 is 0 Å². The maximum atomic E-state index is 12.0. The highest BCUT2D eigenvalue weighted by Crippen LogP contribution is 2.29. The number of oxazole rings is 1. The molecule has 0 aliphatic carbocycles. The summed E-state index contributed by atoms with van der Waals surface area (Å²) in [6, 6.07) is 11.3. The van der Waals surface area contributed by atoms with E-state index in [1.165, 1.54) is 14.2 Å². The van der Waals surface area contributed by atoms with Crippen molar-refractivity contribution in [1.82, 2.24) is 4.98 Å². The summed E-state index contributed by atoms with van der Waals surface area (Å²) >= 11 is 0. The predicted molar refractivity (Wildman–Crippen MR) is 105 cm³/mol. The number of ether oxygens (including phenoxy) is 2. The lowest BCUT2D eigenvalue weighted by Crippen LogP contribution is -2.16. The monoisotopic (exact) mass is 380 g/mol. The zero-order valence-electron chi connectivity index (χ0n) is 16.0. The fraction of sp³-hybridized carbons (Fsp3) is 0.190. The topological polar surface area (TPSA) is 90.7 Å². The SMILES string of the molecule is COC(=O)/C=C(/Nc1cc(-c2nc3ccc(C)cc3o2)ccc1C)C(=O)OC. The van der Waals surface area contributed by atoms with Gasteiger partial charge in [0, 0.05) is 11.3 Å². The number of rotatable bonds is 5. The molecule has 0 unspecified atom stereocenters. The second-order valence-corrected chi connectivity index (χ2v) is 6.22. The van der Waals surface area contributed by atoms with Crippen molar-refractivity contribution in [2.24, 2.45) is 0 Å². The highest BCUT2D eigenvalue weighted by Gasteiger charge is 2.15. The summed E-state index contributed by atoms with van der Waals surface area (Å²) in [7, 11) is 2.47. The van der Waals surface area contributed by atoms with Crippen LogP contribution in [0.5, 0.6) is 0 Å². The van der Waals surface area contributed by atoms with Gasteiger partial charge < -0.3 is 19.2 Å². The van der Waals surface area contributed by atoms with Crippen molar-refractivity contribution in [1.29, 1.82) is 0 Å². The summed E-state index contributed by atoms with van der Waals surface area (Å²) in [5.41, 5.74) is 4.69. The van der Waals surface area contributed by atoms with Crippen LogP contribution in [-0.2, 0) is 19.1 Å². The lowest BCUT2D eigenvalue weighted by molar-refractivity contribution is -0.138. The zero-order chi connectivity index (χ0) is 20.3. The highest BCUT2D eigenvalue weighted by atomic mass is 16.5. The molecule has 0 atom stereocenters. The molecular weight excluding hydrogens is 360 g/mol. The van der Waals surface area contributed by atoms with Gasteiger partial charge in [0.25, 0.3) is 0 Å². The van der Waals surface area contributed by atoms with Crippen molar-refractivity contribution < 1.29 is 23.5 Å². The van der Waals surface area contributed by atoms with Crippen molar-refractivity contribution in [3.05, 3.63) is 59.3 Å². The maximum absolute atomic E-state index is 12.0. The molecule has 0 amide bonds. The van der Waals surface area contributed by atoms with Gasteiger partial charge in [-0.15, -0.1) is 0 Å². The van der Waals surface area contributed by atoms with Crippen molar-refractivity contribution >= 4 is 28.7 Å². The number of hydrogen-bond acceptors (Lipinski definition) is 7. The van der Waals surface area contributed by atoms with Gasteiger partial charge in [0.1, 0.15) is 11.2 Å². The van der Waals surface area contributed by atoms with Gasteiger partial charge in [-0.1, -0.05) is 12.1 Å². The average Bonchev–Trinajstić information content (AvgIpc) is 3.11. The number of methoxy groups -OCH3 is 2. The van der Waals surface area contributed by atoms with Crippen LogP contribution in [0.25, 0.3) is 22.6 Å². The third-order valence-corrected chi connectivity index (χ3v) is 4.17. The highest BCUT2D eigenvalue weighted by molar-refractivity contribution is 5.99. The fourth-order valence-electron chi connectivity index (χ4n) is 2.62. The summed E-state index contributed by atoms with van der Waals surface area (Å²) in [5, 5.41) is 2.93. The maximum Gasteiger partial charge on any atom is 0.354 e. The number of benzene rings is 2. The number of hydrogen-bond donors (Lipinski definition) is 1. The minimum absolute atomic E-state index is 0.0391. The van der Waals surface area contributed by atoms with Crippen molar-refractivity contribution in [2.45, 2.75) is 13.8 Å². The molecule has 0 bridgehead atoms. The number of carbonyl (C=O) groups is 2. The van der Waals surface area contributed by atoms with Crippen molar-refractivity contribution in [2.75, 3.05) is 19.5 Å². The van der Waals surface area contributed by atoms with Crippen LogP contribution in [0.3, 0.4) is 0 Å². The third-order valence-electron chi connectivity index (χ3n) is 4.17. The number of anilines is 1. The Morgan fingerprint density at radius 2 is 1.86 bits per heavy atom. The van der Waals surface area contributed by atoms with E-state index < -0.39 is 11.9 Å². The molecule has 0 saturated heterocycles. The van der Waals surface area contributed by atoms with E-state index in [4.69, 9.17) is 9.15 Å². The molecule has 2 aromatic carbocycles. The summed E-state index contributed by atoms with van der Waals surface area (Å²) in [6.07, 6.45) is 1.04. The van der Waals surface area contributed by atoms with Crippen LogP contribution in [0.4, 0.5) is 5.69 Å². The van der Waals surface area contributed by atoms with Gasteiger partial charge in [0.15, 0.2) is 5.58 Å². The van der Waals surface area contributed by atoms with Gasteiger partial charge in [0.2, 0.25) is 5.89 Å². The molecule has 3 rings (SSSR count). The van der Waals surface area contributed by atoms with Gasteiger partial charge in [-0.3, -0.25) is 0 Å². The van der Waals surface area contributed by atoms with Gasteiger partial charge in [-0.25, -0.2) is 14.6 Å². The molecule has 0 aliphatic heterocycles. The number of fused-ring (bicyclic) bond motifs is 1. The summed E-state index contributed by atoms with van der Waals surface area (Å²) < 4.78 is 15.2. The van der Waals surface area contributed by atoms with E-state index in [1.807, 2.05) is 44.2 Å². The lowest BCUT2D eigenvalue weighted by Gasteiger charge is -2.12. The molecule has 1 N–H and O–H groups in total. The molecule has 0 fully saturated rings. The molecule has 7 nitrogen and oxygen atoms in total. The minimum atomic E-state index is -0.687. The Kier molecular flexibility index (Phi) is 5.44. The van der Waals surface area contributed by atoms with Crippen LogP contribution in [0, 0.1) is 13.8 Å². The Morgan fingerprint density at radius 1 is 1.07 bits per heavy atom. The van der Waals surface area contributed by atoms with Crippen LogP contribution in [-0.4, -0.2) is 31.1 Å².